The molecule has 1 fully saturated rings. The van der Waals surface area contributed by atoms with Crippen LogP contribution < -0.4 is 5.73 Å². The van der Waals surface area contributed by atoms with Crippen molar-refractivity contribution in [1.82, 2.24) is 4.90 Å². The van der Waals surface area contributed by atoms with Crippen molar-refractivity contribution in [2.24, 2.45) is 5.73 Å². The number of alkyl halides is 2. The van der Waals surface area contributed by atoms with E-state index < -0.39 is 18.3 Å². The fourth-order valence-corrected chi connectivity index (χ4v) is 3.06. The van der Waals surface area contributed by atoms with Gasteiger partial charge in [-0.05, 0) is 25.0 Å². The maximum absolute atomic E-state index is 13.9. The second-order valence-electron chi connectivity index (χ2n) is 4.70. The van der Waals surface area contributed by atoms with Gasteiger partial charge in [0.2, 0.25) is 5.91 Å². The van der Waals surface area contributed by atoms with Gasteiger partial charge < -0.3 is 10.6 Å². The van der Waals surface area contributed by atoms with E-state index in [-0.39, 0.29) is 10.9 Å². The molecule has 1 aliphatic rings. The summed E-state index contributed by atoms with van der Waals surface area (Å²) >= 11 is 6.45. The van der Waals surface area contributed by atoms with Crippen molar-refractivity contribution >= 4 is 28.8 Å². The van der Waals surface area contributed by atoms with Crippen molar-refractivity contribution < 1.29 is 13.6 Å². The zero-order chi connectivity index (χ0) is 14.0. The van der Waals surface area contributed by atoms with E-state index in [0.717, 1.165) is 11.3 Å². The van der Waals surface area contributed by atoms with Crippen LogP contribution >= 0.6 is 22.9 Å². The van der Waals surface area contributed by atoms with E-state index >= 15 is 0 Å². The molecule has 1 aromatic heterocycles. The second-order valence-corrected chi connectivity index (χ2v) is 6.42. The fraction of sp³-hybridized carbons (Fsp3) is 0.583. The highest BCUT2D eigenvalue weighted by Crippen LogP contribution is 2.38. The van der Waals surface area contributed by atoms with Crippen LogP contribution in [-0.4, -0.2) is 29.9 Å². The Hall–Kier alpha value is -0.720. The zero-order valence-electron chi connectivity index (χ0n) is 10.2. The maximum Gasteiger partial charge on any atom is 0.290 e. The molecule has 1 saturated heterocycles. The lowest BCUT2D eigenvalue weighted by molar-refractivity contribution is -0.140. The summed E-state index contributed by atoms with van der Waals surface area (Å²) in [7, 11) is 0. The number of hydrogen-bond donors (Lipinski definition) is 1. The number of piperidine rings is 1. The molecule has 0 unspecified atom stereocenters. The molecule has 106 valence electrons. The molecule has 0 atom stereocenters. The fourth-order valence-electron chi connectivity index (χ4n) is 2.05. The number of halogens is 3. The summed E-state index contributed by atoms with van der Waals surface area (Å²) in [6.45, 7) is 0.919. The Morgan fingerprint density at radius 2 is 2.11 bits per heavy atom. The molecule has 7 heteroatoms. The molecule has 2 N–H and O–H groups in total. The van der Waals surface area contributed by atoms with Gasteiger partial charge in [0.15, 0.2) is 0 Å². The van der Waals surface area contributed by atoms with Gasteiger partial charge in [0.1, 0.15) is 0 Å². The van der Waals surface area contributed by atoms with Crippen molar-refractivity contribution in [3.63, 3.8) is 0 Å². The first-order valence-corrected chi connectivity index (χ1v) is 7.25. The van der Waals surface area contributed by atoms with Crippen molar-refractivity contribution in [2.75, 3.05) is 13.1 Å². The lowest BCUT2D eigenvalue weighted by atomic mass is 10.1. The predicted octanol–water partition coefficient (Wildman–Crippen LogP) is 2.83. The summed E-state index contributed by atoms with van der Waals surface area (Å²) < 4.78 is 28.2. The van der Waals surface area contributed by atoms with Crippen LogP contribution in [0.1, 0.15) is 24.1 Å². The van der Waals surface area contributed by atoms with Gasteiger partial charge >= 0.3 is 0 Å². The zero-order valence-corrected chi connectivity index (χ0v) is 11.8. The molecule has 1 aromatic rings. The molecule has 0 radical (unpaired) electrons. The van der Waals surface area contributed by atoms with Gasteiger partial charge in [-0.25, -0.2) is 0 Å². The quantitative estimate of drug-likeness (QED) is 0.933. The van der Waals surface area contributed by atoms with E-state index in [1.54, 1.807) is 0 Å². The Kier molecular flexibility index (Phi) is 4.43. The van der Waals surface area contributed by atoms with Crippen LogP contribution in [0.3, 0.4) is 0 Å². The highest BCUT2D eigenvalue weighted by atomic mass is 35.5. The highest BCUT2D eigenvalue weighted by molar-refractivity contribution is 7.16. The third-order valence-corrected chi connectivity index (χ3v) is 4.54. The van der Waals surface area contributed by atoms with Crippen LogP contribution in [0.5, 0.6) is 0 Å². The van der Waals surface area contributed by atoms with Crippen LogP contribution in [0.15, 0.2) is 12.1 Å². The van der Waals surface area contributed by atoms with E-state index in [4.69, 9.17) is 17.3 Å². The number of hydrogen-bond acceptors (Lipinski definition) is 3. The van der Waals surface area contributed by atoms with Crippen LogP contribution in [0, 0.1) is 0 Å². The van der Waals surface area contributed by atoms with Gasteiger partial charge in [-0.15, -0.1) is 11.3 Å². The molecular formula is C12H15ClF2N2OS. The minimum Gasteiger partial charge on any atom is -0.342 e. The Labute approximate surface area is 119 Å². The molecule has 0 bridgehead atoms. The smallest absolute Gasteiger partial charge is 0.290 e. The van der Waals surface area contributed by atoms with Crippen LogP contribution in [0.4, 0.5) is 8.78 Å². The molecular weight excluding hydrogens is 294 g/mol. The summed E-state index contributed by atoms with van der Waals surface area (Å²) in [6.07, 6.45) is 0.531. The monoisotopic (exact) mass is 308 g/mol. The van der Waals surface area contributed by atoms with Gasteiger partial charge in [-0.1, -0.05) is 11.6 Å². The SMILES string of the molecule is NC1CCN(C(=O)CC(F)(F)c2ccc(Cl)s2)CC1. The number of thiophene rings is 1. The lowest BCUT2D eigenvalue weighted by Gasteiger charge is -2.31. The summed E-state index contributed by atoms with van der Waals surface area (Å²) in [5.74, 6) is -3.68. The Morgan fingerprint density at radius 3 is 2.63 bits per heavy atom. The first-order chi connectivity index (χ1) is 8.88. The number of likely N-dealkylation sites (tertiary alicyclic amines) is 1. The molecule has 0 spiro atoms. The third-order valence-electron chi connectivity index (χ3n) is 3.20. The topological polar surface area (TPSA) is 46.3 Å². The summed E-state index contributed by atoms with van der Waals surface area (Å²) in [4.78, 5) is 13.2. The lowest BCUT2D eigenvalue weighted by Crippen LogP contribution is -2.44. The first kappa shape index (κ1) is 14.7. The van der Waals surface area contributed by atoms with Gasteiger partial charge in [-0.2, -0.15) is 8.78 Å². The molecule has 2 rings (SSSR count). The van der Waals surface area contributed by atoms with Crippen LogP contribution in [0.2, 0.25) is 4.34 Å². The number of carbonyl (C=O) groups is 1. The number of carbonyl (C=O) groups excluding carboxylic acids is 1. The molecule has 0 aromatic carbocycles. The number of amides is 1. The summed E-state index contributed by atoms with van der Waals surface area (Å²) in [5.41, 5.74) is 5.72. The van der Waals surface area contributed by atoms with Crippen molar-refractivity contribution in [3.8, 4) is 0 Å². The molecule has 2 heterocycles. The average molecular weight is 309 g/mol. The van der Waals surface area contributed by atoms with Gasteiger partial charge in [0.25, 0.3) is 5.92 Å². The number of nitrogens with two attached hydrogens (primary N) is 1. The molecule has 1 amide bonds. The normalized spacial score (nSPS) is 17.8. The maximum atomic E-state index is 13.9. The van der Waals surface area contributed by atoms with Gasteiger partial charge in [0, 0.05) is 19.1 Å². The third kappa shape index (κ3) is 3.64. The van der Waals surface area contributed by atoms with Gasteiger partial charge in [0.05, 0.1) is 15.6 Å². The van der Waals surface area contributed by atoms with E-state index in [9.17, 15) is 13.6 Å². The number of nitrogens with zero attached hydrogens (tertiary/aromatic N) is 1. The van der Waals surface area contributed by atoms with Crippen LogP contribution in [0.25, 0.3) is 0 Å². The van der Waals surface area contributed by atoms with E-state index in [2.05, 4.69) is 0 Å². The Morgan fingerprint density at radius 1 is 1.47 bits per heavy atom. The van der Waals surface area contributed by atoms with E-state index in [1.165, 1.54) is 17.0 Å². The number of rotatable bonds is 3. The molecule has 3 nitrogen and oxygen atoms in total. The minimum absolute atomic E-state index is 0.0701. The molecule has 1 aliphatic heterocycles. The highest BCUT2D eigenvalue weighted by Gasteiger charge is 2.38. The van der Waals surface area contributed by atoms with E-state index in [0.29, 0.717) is 30.3 Å². The largest absolute Gasteiger partial charge is 0.342 e. The van der Waals surface area contributed by atoms with Gasteiger partial charge in [-0.3, -0.25) is 4.79 Å². The van der Waals surface area contributed by atoms with E-state index in [1.807, 2.05) is 0 Å². The average Bonchev–Trinajstić information content (AvgIpc) is 2.77. The molecule has 0 aliphatic carbocycles. The van der Waals surface area contributed by atoms with Crippen LogP contribution in [-0.2, 0) is 10.7 Å². The predicted molar refractivity (Wildman–Crippen MR) is 71.6 cm³/mol. The summed E-state index contributed by atoms with van der Waals surface area (Å²) in [5, 5.41) is 0. The minimum atomic E-state index is -3.16. The standard InChI is InChI=1S/C12H15ClF2N2OS/c13-10-2-1-9(19-10)12(14,15)7-11(18)17-5-3-8(16)4-6-17/h1-2,8H,3-7,16H2. The summed E-state index contributed by atoms with van der Waals surface area (Å²) in [6, 6.07) is 2.76. The Bertz CT molecular complexity index is 458. The van der Waals surface area contributed by atoms with Crippen molar-refractivity contribution in [3.05, 3.63) is 21.3 Å². The molecule has 0 saturated carbocycles. The van der Waals surface area contributed by atoms with Crippen molar-refractivity contribution in [1.29, 1.82) is 0 Å². The molecule has 19 heavy (non-hydrogen) atoms. The Balaban J connectivity index is 1.98. The first-order valence-electron chi connectivity index (χ1n) is 6.05. The van der Waals surface area contributed by atoms with Crippen molar-refractivity contribution in [2.45, 2.75) is 31.2 Å². The second kappa shape index (κ2) is 5.73.